The Kier molecular flexibility index (Phi) is 8.67. The van der Waals surface area contributed by atoms with Crippen LogP contribution in [0.25, 0.3) is 50.6 Å². The van der Waals surface area contributed by atoms with Gasteiger partial charge in [-0.15, -0.1) is 71.8 Å². The van der Waals surface area contributed by atoms with Crippen molar-refractivity contribution in [3.05, 3.63) is 158 Å². The summed E-state index contributed by atoms with van der Waals surface area (Å²) in [5, 5.41) is 0. The van der Waals surface area contributed by atoms with Gasteiger partial charge >= 0.3 is 0 Å². The van der Waals surface area contributed by atoms with E-state index in [1.165, 1.54) is 0 Å². The fourth-order valence-corrected chi connectivity index (χ4v) is 4.36. The Morgan fingerprint density at radius 3 is 1.88 bits per heavy atom. The van der Waals surface area contributed by atoms with Gasteiger partial charge in [0.05, 0.1) is 11.3 Å². The van der Waals surface area contributed by atoms with Crippen LogP contribution in [0.4, 0.5) is 0 Å². The number of benzene rings is 4. The first-order valence-corrected chi connectivity index (χ1v) is 12.7. The smallest absolute Gasteiger partial charge is 0.155 e. The first kappa shape index (κ1) is 26.9. The van der Waals surface area contributed by atoms with E-state index in [0.29, 0.717) is 0 Å². The van der Waals surface area contributed by atoms with Gasteiger partial charge in [-0.25, -0.2) is 4.98 Å². The van der Waals surface area contributed by atoms with Crippen molar-refractivity contribution < 1.29 is 20.1 Å². The second-order valence-electron chi connectivity index (χ2n) is 8.81. The van der Waals surface area contributed by atoms with Crippen LogP contribution in [0.3, 0.4) is 0 Å². The molecule has 0 bridgehead atoms. The predicted molar refractivity (Wildman–Crippen MR) is 157 cm³/mol. The molecule has 0 unspecified atom stereocenters. The normalized spacial score (nSPS) is 10.3. The van der Waals surface area contributed by atoms with Crippen LogP contribution in [0.5, 0.6) is 0 Å². The zero-order valence-electron chi connectivity index (χ0n) is 21.5. The van der Waals surface area contributed by atoms with E-state index >= 15 is 0 Å². The van der Waals surface area contributed by atoms with Crippen molar-refractivity contribution in [2.75, 3.05) is 0 Å². The van der Waals surface area contributed by atoms with E-state index < -0.39 is 0 Å². The van der Waals surface area contributed by atoms with Gasteiger partial charge in [-0.1, -0.05) is 60.7 Å². The van der Waals surface area contributed by atoms with Gasteiger partial charge in [0.2, 0.25) is 0 Å². The zero-order valence-corrected chi connectivity index (χ0v) is 23.9. The number of nitrogens with zero attached hydrogens (tertiary/aromatic N) is 4. The summed E-state index contributed by atoms with van der Waals surface area (Å²) in [6, 6.07) is 50.6. The molecule has 3 aromatic heterocycles. The zero-order chi connectivity index (χ0) is 26.3. The Labute approximate surface area is 247 Å². The summed E-state index contributed by atoms with van der Waals surface area (Å²) >= 11 is 0. The van der Waals surface area contributed by atoms with Gasteiger partial charge in [0.1, 0.15) is 0 Å². The maximum Gasteiger partial charge on any atom is 0.155 e. The molecule has 0 amide bonds. The minimum absolute atomic E-state index is 0. The third kappa shape index (κ3) is 5.97. The molecule has 0 aliphatic carbocycles. The molecule has 195 valence electrons. The Balaban J connectivity index is 0.000000209. The quantitative estimate of drug-likeness (QED) is 0.175. The second kappa shape index (κ2) is 12.9. The summed E-state index contributed by atoms with van der Waals surface area (Å²) in [7, 11) is 0. The number of fused-ring (bicyclic) bond motifs is 1. The second-order valence-corrected chi connectivity index (χ2v) is 8.81. The average Bonchev–Trinajstić information content (AvgIpc) is 3.42. The van der Waals surface area contributed by atoms with Crippen LogP contribution in [0.1, 0.15) is 0 Å². The van der Waals surface area contributed by atoms with Crippen molar-refractivity contribution in [2.45, 2.75) is 0 Å². The third-order valence-corrected chi connectivity index (χ3v) is 6.22. The first-order chi connectivity index (χ1) is 19.4. The van der Waals surface area contributed by atoms with E-state index in [0.717, 1.165) is 50.6 Å². The number of pyridine rings is 2. The molecule has 0 fully saturated rings. The van der Waals surface area contributed by atoms with Crippen molar-refractivity contribution >= 4 is 11.2 Å². The van der Waals surface area contributed by atoms with Gasteiger partial charge in [-0.2, -0.15) is 0 Å². The summed E-state index contributed by atoms with van der Waals surface area (Å²) in [4.78, 5) is 13.9. The van der Waals surface area contributed by atoms with Crippen LogP contribution in [0.2, 0.25) is 0 Å². The summed E-state index contributed by atoms with van der Waals surface area (Å²) in [5.41, 5.74) is 7.89. The summed E-state index contributed by atoms with van der Waals surface area (Å²) < 4.78 is 2.09. The van der Waals surface area contributed by atoms with E-state index in [4.69, 9.17) is 9.97 Å². The summed E-state index contributed by atoms with van der Waals surface area (Å²) in [6.07, 6.45) is 3.70. The van der Waals surface area contributed by atoms with E-state index in [1.807, 2.05) is 109 Å². The van der Waals surface area contributed by atoms with Gasteiger partial charge in [-0.3, -0.25) is 4.98 Å². The van der Waals surface area contributed by atoms with Crippen molar-refractivity contribution in [1.29, 1.82) is 0 Å². The topological polar surface area (TPSA) is 43.6 Å². The molecule has 4 nitrogen and oxygen atoms in total. The van der Waals surface area contributed by atoms with E-state index in [-0.39, 0.29) is 20.1 Å². The Morgan fingerprint density at radius 2 is 1.23 bits per heavy atom. The fraction of sp³-hybridized carbons (Fsp3) is 0. The largest absolute Gasteiger partial charge is 0.318 e. The number of hydrogen-bond donors (Lipinski definition) is 0. The van der Waals surface area contributed by atoms with Gasteiger partial charge in [0.25, 0.3) is 0 Å². The van der Waals surface area contributed by atoms with E-state index in [2.05, 4.69) is 52.0 Å². The number of para-hydroxylation sites is 1. The molecule has 0 saturated heterocycles. The molecule has 7 rings (SSSR count). The van der Waals surface area contributed by atoms with Gasteiger partial charge in [0, 0.05) is 43.7 Å². The van der Waals surface area contributed by atoms with Crippen molar-refractivity contribution in [1.82, 2.24) is 19.5 Å². The molecule has 7 aromatic rings. The van der Waals surface area contributed by atoms with Crippen LogP contribution in [-0.4, -0.2) is 19.5 Å². The Morgan fingerprint density at radius 1 is 0.575 bits per heavy atom. The average molecular weight is 693 g/mol. The molecule has 0 aliphatic rings. The first-order valence-electron chi connectivity index (χ1n) is 12.7. The van der Waals surface area contributed by atoms with Crippen molar-refractivity contribution in [3.8, 4) is 39.5 Å². The number of hydrogen-bond acceptors (Lipinski definition) is 3. The molecule has 1 radical (unpaired) electrons. The van der Waals surface area contributed by atoms with Gasteiger partial charge in [0.15, 0.2) is 5.65 Å². The summed E-state index contributed by atoms with van der Waals surface area (Å²) in [5.74, 6) is 0.842. The van der Waals surface area contributed by atoms with Crippen LogP contribution < -0.4 is 0 Å². The molecule has 4 aromatic carbocycles. The van der Waals surface area contributed by atoms with E-state index in [1.54, 1.807) is 6.20 Å². The van der Waals surface area contributed by atoms with Crippen molar-refractivity contribution in [3.63, 3.8) is 0 Å². The van der Waals surface area contributed by atoms with Crippen LogP contribution in [0, 0.1) is 12.1 Å². The molecule has 3 heterocycles. The Hall–Kier alpha value is -4.70. The molecule has 0 atom stereocenters. The SMILES string of the molecule is [Ir].[c-]1ccccc1-c1ccccn1.[c-]1ccccc1-c1nc2cc(-c3ccccc3)cnc2n1-c1ccccc1. The predicted octanol–water partition coefficient (Wildman–Crippen LogP) is 8.10. The van der Waals surface area contributed by atoms with Crippen molar-refractivity contribution in [2.24, 2.45) is 0 Å². The minimum atomic E-state index is 0. The van der Waals surface area contributed by atoms with E-state index in [9.17, 15) is 0 Å². The fourth-order valence-electron chi connectivity index (χ4n) is 4.36. The summed E-state index contributed by atoms with van der Waals surface area (Å²) in [6.45, 7) is 0. The molecule has 0 saturated carbocycles. The number of aromatic nitrogens is 4. The standard InChI is InChI=1S/C24H16N3.C11H8N.Ir/c1-4-10-18(11-5-1)20-16-22-24(25-17-20)27(21-14-8-3-9-15-21)23(26-22)19-12-6-2-7-13-19;1-2-6-10(7-3-1)11-8-4-5-9-12-11;/h1-12,14-17H;1-6,8-9H;/q2*-1;. The molecule has 5 heteroatoms. The molecule has 0 N–H and O–H groups in total. The molecular weight excluding hydrogens is 669 g/mol. The van der Waals surface area contributed by atoms with Crippen LogP contribution in [0.15, 0.2) is 146 Å². The molecule has 0 aliphatic heterocycles. The maximum absolute atomic E-state index is 4.91. The molecule has 0 spiro atoms. The number of rotatable bonds is 4. The Bertz CT molecular complexity index is 1730. The van der Waals surface area contributed by atoms with Gasteiger partial charge < -0.3 is 9.55 Å². The monoisotopic (exact) mass is 693 g/mol. The maximum atomic E-state index is 4.91. The third-order valence-electron chi connectivity index (χ3n) is 6.22. The molecular formula is C35H24IrN4-2. The van der Waals surface area contributed by atoms with Crippen LogP contribution >= 0.6 is 0 Å². The minimum Gasteiger partial charge on any atom is -0.318 e. The van der Waals surface area contributed by atoms with Gasteiger partial charge in [-0.05, 0) is 35.5 Å². The number of imidazole rings is 1. The molecule has 40 heavy (non-hydrogen) atoms. The van der Waals surface area contributed by atoms with Crippen LogP contribution in [-0.2, 0) is 20.1 Å².